The summed E-state index contributed by atoms with van der Waals surface area (Å²) >= 11 is 0. The molecule has 25 heavy (non-hydrogen) atoms. The summed E-state index contributed by atoms with van der Waals surface area (Å²) in [5.41, 5.74) is 3.55. The first-order valence-corrected chi connectivity index (χ1v) is 8.31. The minimum Gasteiger partial charge on any atom is -0.350 e. The second kappa shape index (κ2) is 6.89. The lowest BCUT2D eigenvalue weighted by Crippen LogP contribution is -2.30. The van der Waals surface area contributed by atoms with E-state index in [0.717, 1.165) is 16.6 Å². The van der Waals surface area contributed by atoms with Gasteiger partial charge in [0.15, 0.2) is 0 Å². The quantitative estimate of drug-likeness (QED) is 0.797. The molecule has 1 heterocycles. The molecule has 3 rings (SSSR count). The third kappa shape index (κ3) is 3.60. The van der Waals surface area contributed by atoms with Crippen LogP contribution in [0.3, 0.4) is 0 Å². The predicted molar refractivity (Wildman–Crippen MR) is 98.9 cm³/mol. The van der Waals surface area contributed by atoms with E-state index in [1.807, 2.05) is 50.2 Å². The number of benzene rings is 2. The molecule has 128 valence electrons. The van der Waals surface area contributed by atoms with Crippen LogP contribution in [-0.2, 0) is 6.54 Å². The summed E-state index contributed by atoms with van der Waals surface area (Å²) < 4.78 is 1.72. The van der Waals surface area contributed by atoms with Crippen molar-refractivity contribution < 1.29 is 4.79 Å². The fourth-order valence-corrected chi connectivity index (χ4v) is 2.77. The molecule has 0 spiro atoms. The van der Waals surface area contributed by atoms with Gasteiger partial charge < -0.3 is 9.88 Å². The lowest BCUT2D eigenvalue weighted by molar-refractivity contribution is 0.0943. The molecule has 1 aromatic heterocycles. The van der Waals surface area contributed by atoms with E-state index in [4.69, 9.17) is 0 Å². The summed E-state index contributed by atoms with van der Waals surface area (Å²) in [4.78, 5) is 28.9. The van der Waals surface area contributed by atoms with Gasteiger partial charge in [0.05, 0.1) is 17.6 Å². The Hall–Kier alpha value is -2.95. The summed E-state index contributed by atoms with van der Waals surface area (Å²) in [6.45, 7) is 6.02. The first kappa shape index (κ1) is 16.9. The van der Waals surface area contributed by atoms with Crippen LogP contribution in [0.5, 0.6) is 0 Å². The number of carbonyl (C=O) groups is 1. The number of hydrogen-bond acceptors (Lipinski definition) is 3. The number of nitrogens with one attached hydrogen (secondary N) is 1. The van der Waals surface area contributed by atoms with Gasteiger partial charge in [0.2, 0.25) is 0 Å². The molecule has 0 bridgehead atoms. The van der Waals surface area contributed by atoms with E-state index in [1.54, 1.807) is 23.6 Å². The van der Waals surface area contributed by atoms with Crippen molar-refractivity contribution in [3.8, 4) is 0 Å². The Labute approximate surface area is 146 Å². The van der Waals surface area contributed by atoms with E-state index < -0.39 is 0 Å². The minimum atomic E-state index is -0.0969. The van der Waals surface area contributed by atoms with Gasteiger partial charge in [-0.3, -0.25) is 9.59 Å². The molecule has 0 aliphatic rings. The Kier molecular flexibility index (Phi) is 4.65. The molecule has 0 unspecified atom stereocenters. The maximum atomic E-state index is 12.5. The van der Waals surface area contributed by atoms with Crippen molar-refractivity contribution in [3.05, 3.63) is 75.7 Å². The van der Waals surface area contributed by atoms with Gasteiger partial charge in [0.25, 0.3) is 11.5 Å². The third-order valence-corrected chi connectivity index (χ3v) is 3.99. The molecule has 2 aromatic carbocycles. The van der Waals surface area contributed by atoms with Crippen LogP contribution in [0, 0.1) is 6.92 Å². The van der Waals surface area contributed by atoms with Crippen LogP contribution >= 0.6 is 0 Å². The fourth-order valence-electron chi connectivity index (χ4n) is 2.77. The lowest BCUT2D eigenvalue weighted by atomic mass is 10.1. The van der Waals surface area contributed by atoms with Crippen molar-refractivity contribution in [2.45, 2.75) is 33.4 Å². The summed E-state index contributed by atoms with van der Waals surface area (Å²) in [6.07, 6.45) is 0. The highest BCUT2D eigenvalue weighted by Crippen LogP contribution is 2.13. The van der Waals surface area contributed by atoms with E-state index in [0.29, 0.717) is 17.8 Å². The Bertz CT molecular complexity index is 972. The van der Waals surface area contributed by atoms with Crippen molar-refractivity contribution in [2.24, 2.45) is 0 Å². The van der Waals surface area contributed by atoms with Crippen molar-refractivity contribution in [1.29, 1.82) is 0 Å². The Morgan fingerprint density at radius 1 is 1.12 bits per heavy atom. The highest BCUT2D eigenvalue weighted by molar-refractivity contribution is 5.94. The summed E-state index contributed by atoms with van der Waals surface area (Å²) in [6, 6.07) is 15.0. The molecule has 0 radical (unpaired) electrons. The van der Waals surface area contributed by atoms with Crippen LogP contribution in [0.1, 0.15) is 35.5 Å². The highest BCUT2D eigenvalue weighted by Gasteiger charge is 2.10. The molecule has 0 aliphatic carbocycles. The predicted octanol–water partition coefficient (Wildman–Crippen LogP) is 2.89. The second-order valence-electron chi connectivity index (χ2n) is 6.40. The molecule has 0 atom stereocenters. The minimum absolute atomic E-state index is 0.0936. The average molecular weight is 335 g/mol. The number of carbonyl (C=O) groups excluding carboxylic acids is 1. The van der Waals surface area contributed by atoms with Gasteiger partial charge in [0.1, 0.15) is 5.69 Å². The molecule has 0 saturated carbocycles. The van der Waals surface area contributed by atoms with Gasteiger partial charge in [-0.05, 0) is 50.6 Å². The number of aromatic nitrogens is 2. The summed E-state index contributed by atoms with van der Waals surface area (Å²) in [5, 5.41) is 2.87. The SMILES string of the molecule is Cc1nc2ccccc2n(Cc2ccc(C(=O)NC(C)C)cc2)c1=O. The molecule has 5 nitrogen and oxygen atoms in total. The normalized spacial score (nSPS) is 11.0. The zero-order valence-electron chi connectivity index (χ0n) is 14.6. The Balaban J connectivity index is 1.93. The molecule has 1 amide bonds. The van der Waals surface area contributed by atoms with Crippen LogP contribution in [0.2, 0.25) is 0 Å². The number of amides is 1. The van der Waals surface area contributed by atoms with Crippen LogP contribution in [0.25, 0.3) is 11.0 Å². The zero-order chi connectivity index (χ0) is 18.0. The topological polar surface area (TPSA) is 64.0 Å². The van der Waals surface area contributed by atoms with Gasteiger partial charge >= 0.3 is 0 Å². The average Bonchev–Trinajstić information content (AvgIpc) is 2.59. The maximum absolute atomic E-state index is 12.5. The number of para-hydroxylation sites is 2. The van der Waals surface area contributed by atoms with Gasteiger partial charge in [0, 0.05) is 11.6 Å². The van der Waals surface area contributed by atoms with Crippen molar-refractivity contribution in [3.63, 3.8) is 0 Å². The Morgan fingerprint density at radius 3 is 2.48 bits per heavy atom. The van der Waals surface area contributed by atoms with E-state index >= 15 is 0 Å². The first-order valence-electron chi connectivity index (χ1n) is 8.31. The highest BCUT2D eigenvalue weighted by atomic mass is 16.1. The van der Waals surface area contributed by atoms with Gasteiger partial charge in [-0.15, -0.1) is 0 Å². The zero-order valence-corrected chi connectivity index (χ0v) is 14.6. The van der Waals surface area contributed by atoms with Crippen molar-refractivity contribution >= 4 is 16.9 Å². The van der Waals surface area contributed by atoms with Crippen molar-refractivity contribution in [2.75, 3.05) is 0 Å². The van der Waals surface area contributed by atoms with E-state index in [2.05, 4.69) is 10.3 Å². The van der Waals surface area contributed by atoms with Crippen molar-refractivity contribution in [1.82, 2.24) is 14.9 Å². The molecular formula is C20H21N3O2. The van der Waals surface area contributed by atoms with Gasteiger partial charge in [-0.2, -0.15) is 0 Å². The third-order valence-electron chi connectivity index (χ3n) is 3.99. The summed E-state index contributed by atoms with van der Waals surface area (Å²) in [5.74, 6) is -0.0936. The number of aryl methyl sites for hydroxylation is 1. The van der Waals surface area contributed by atoms with E-state index in [1.165, 1.54) is 0 Å². The standard InChI is InChI=1S/C20H21N3O2/c1-13(2)21-19(24)16-10-8-15(9-11-16)12-23-18-7-5-4-6-17(18)22-14(3)20(23)25/h4-11,13H,12H2,1-3H3,(H,21,24). The maximum Gasteiger partial charge on any atom is 0.272 e. The molecule has 5 heteroatoms. The molecule has 1 N–H and O–H groups in total. The van der Waals surface area contributed by atoms with Gasteiger partial charge in [-0.1, -0.05) is 24.3 Å². The monoisotopic (exact) mass is 335 g/mol. The van der Waals surface area contributed by atoms with Crippen LogP contribution in [0.15, 0.2) is 53.3 Å². The summed E-state index contributed by atoms with van der Waals surface area (Å²) in [7, 11) is 0. The number of hydrogen-bond donors (Lipinski definition) is 1. The Morgan fingerprint density at radius 2 is 1.80 bits per heavy atom. The second-order valence-corrected chi connectivity index (χ2v) is 6.40. The molecular weight excluding hydrogens is 314 g/mol. The molecule has 0 fully saturated rings. The molecule has 0 aliphatic heterocycles. The molecule has 0 saturated heterocycles. The lowest BCUT2D eigenvalue weighted by Gasteiger charge is -2.12. The van der Waals surface area contributed by atoms with Crippen LogP contribution in [0.4, 0.5) is 0 Å². The fraction of sp³-hybridized carbons (Fsp3) is 0.250. The smallest absolute Gasteiger partial charge is 0.272 e. The number of fused-ring (bicyclic) bond motifs is 1. The van der Waals surface area contributed by atoms with E-state index in [9.17, 15) is 9.59 Å². The largest absolute Gasteiger partial charge is 0.350 e. The number of nitrogens with zero attached hydrogens (tertiary/aromatic N) is 2. The number of rotatable bonds is 4. The molecule has 3 aromatic rings. The van der Waals surface area contributed by atoms with Crippen LogP contribution in [-0.4, -0.2) is 21.5 Å². The van der Waals surface area contributed by atoms with E-state index in [-0.39, 0.29) is 17.5 Å². The van der Waals surface area contributed by atoms with Gasteiger partial charge in [-0.25, -0.2) is 4.98 Å². The first-order chi connectivity index (χ1) is 12.0. The van der Waals surface area contributed by atoms with Crippen LogP contribution < -0.4 is 10.9 Å².